The van der Waals surface area contributed by atoms with Gasteiger partial charge in [-0.1, -0.05) is 58.4 Å². The Morgan fingerprint density at radius 2 is 1.78 bits per heavy atom. The van der Waals surface area contributed by atoms with E-state index in [1.807, 2.05) is 65.0 Å². The molecule has 224 valence electrons. The molecule has 0 aliphatic carbocycles. The first-order valence-corrected chi connectivity index (χ1v) is 15.0. The number of carbonyl (C=O) groups excluding carboxylic acids is 3. The molecule has 4 atom stereocenters. The van der Waals surface area contributed by atoms with Gasteiger partial charge in [0.2, 0.25) is 0 Å². The first kappa shape index (κ1) is 32.9. The molecule has 0 fully saturated rings. The Morgan fingerprint density at radius 1 is 1.10 bits per heavy atom. The minimum Gasteiger partial charge on any atom is -0.493 e. The number of esters is 1. The molecule has 3 rings (SSSR count). The van der Waals surface area contributed by atoms with Crippen molar-refractivity contribution >= 4 is 46.7 Å². The van der Waals surface area contributed by atoms with Crippen LogP contribution in [0, 0.1) is 17.3 Å². The van der Waals surface area contributed by atoms with E-state index in [2.05, 4.69) is 5.43 Å². The Morgan fingerprint density at radius 3 is 2.32 bits per heavy atom. The van der Waals surface area contributed by atoms with E-state index in [1.165, 1.54) is 25.8 Å². The van der Waals surface area contributed by atoms with E-state index >= 15 is 0 Å². The second kappa shape index (κ2) is 13.2. The molecule has 1 heterocycles. The summed E-state index contributed by atoms with van der Waals surface area (Å²) in [6, 6.07) is 10.0. The standard InChI is InChI=1S/C31H42ClN2O6S/c1-18(2)26(19(3)35)27(30(37)40-9)33-34(17-31(4,5)6)23-14-13-20(32)15-22(23)29(41-16-25(34)36)21-11-10-12-24(38-7)28(21)39-8/h10-15,18,26-27,29,33H,16-17H2,1-9H3/q+1/t26-,27-,29+,34?/m0/s1. The third kappa shape index (κ3) is 6.91. The lowest BCUT2D eigenvalue weighted by Gasteiger charge is -2.42. The molecule has 0 spiro atoms. The minimum absolute atomic E-state index is 0.112. The number of hydrogen-bond donors (Lipinski definition) is 1. The highest BCUT2D eigenvalue weighted by atomic mass is 35.5. The topological polar surface area (TPSA) is 90.9 Å². The Hall–Kier alpha value is -2.59. The molecule has 41 heavy (non-hydrogen) atoms. The summed E-state index contributed by atoms with van der Waals surface area (Å²) in [5, 5.41) is 0.164. The maximum Gasteiger partial charge on any atom is 0.347 e. The van der Waals surface area contributed by atoms with Crippen molar-refractivity contribution in [1.82, 2.24) is 10.0 Å². The van der Waals surface area contributed by atoms with Crippen LogP contribution in [0.5, 0.6) is 11.5 Å². The largest absolute Gasteiger partial charge is 0.493 e. The third-order valence-corrected chi connectivity index (χ3v) is 8.76. The molecule has 1 aliphatic heterocycles. The number of rotatable bonds is 10. The number of methoxy groups -OCH3 is 3. The van der Waals surface area contributed by atoms with Gasteiger partial charge in [-0.15, -0.1) is 21.8 Å². The van der Waals surface area contributed by atoms with Crippen molar-refractivity contribution in [2.75, 3.05) is 33.6 Å². The second-order valence-corrected chi connectivity index (χ2v) is 13.4. The molecule has 0 saturated carbocycles. The zero-order valence-corrected chi connectivity index (χ0v) is 26.9. The molecule has 1 amide bonds. The van der Waals surface area contributed by atoms with Crippen molar-refractivity contribution in [3.05, 3.63) is 52.5 Å². The Bertz CT molecular complexity index is 1290. The highest BCUT2D eigenvalue weighted by Crippen LogP contribution is 2.51. The summed E-state index contributed by atoms with van der Waals surface area (Å²) < 4.78 is 16.2. The van der Waals surface area contributed by atoms with E-state index in [9.17, 15) is 14.4 Å². The van der Waals surface area contributed by atoms with Gasteiger partial charge >= 0.3 is 11.9 Å². The summed E-state index contributed by atoms with van der Waals surface area (Å²) in [6.45, 7) is 11.7. The molecule has 0 bridgehead atoms. The van der Waals surface area contributed by atoms with Gasteiger partial charge in [0.1, 0.15) is 18.1 Å². The van der Waals surface area contributed by atoms with Gasteiger partial charge in [0, 0.05) is 27.6 Å². The Labute approximate surface area is 252 Å². The number of para-hydroxylation sites is 1. The lowest BCUT2D eigenvalue weighted by Crippen LogP contribution is -2.72. The lowest BCUT2D eigenvalue weighted by atomic mass is 9.85. The van der Waals surface area contributed by atoms with E-state index in [0.717, 1.165) is 11.1 Å². The summed E-state index contributed by atoms with van der Waals surface area (Å²) in [5.74, 6) is -0.567. The Balaban J connectivity index is 2.38. The summed E-state index contributed by atoms with van der Waals surface area (Å²) >= 11 is 8.05. The molecule has 0 radical (unpaired) electrons. The van der Waals surface area contributed by atoms with Crippen molar-refractivity contribution < 1.29 is 28.6 Å². The SMILES string of the molecule is COC(=O)[C@@H](N[N+]1(CC(C)(C)C)C(=O)CS[C@H](c2cccc(OC)c2OC)c2cc(Cl)ccc21)[C@H](C(C)=O)C(C)C. The normalized spacial score (nSPS) is 20.6. The molecule has 1 aliphatic rings. The van der Waals surface area contributed by atoms with Crippen LogP contribution in [0.3, 0.4) is 0 Å². The molecule has 8 nitrogen and oxygen atoms in total. The average Bonchev–Trinajstić information content (AvgIpc) is 3.00. The highest BCUT2D eigenvalue weighted by Gasteiger charge is 2.52. The molecule has 2 aromatic rings. The maximum atomic E-state index is 14.5. The number of halogens is 1. The number of carbonyl (C=O) groups is 3. The molecule has 0 saturated heterocycles. The van der Waals surface area contributed by atoms with Gasteiger partial charge in [-0.3, -0.25) is 9.59 Å². The lowest BCUT2D eigenvalue weighted by molar-refractivity contribution is -0.152. The van der Waals surface area contributed by atoms with Crippen molar-refractivity contribution in [2.24, 2.45) is 17.3 Å². The van der Waals surface area contributed by atoms with Gasteiger partial charge in [0.05, 0.1) is 32.5 Å². The van der Waals surface area contributed by atoms with Gasteiger partial charge < -0.3 is 14.2 Å². The number of ether oxygens (including phenoxy) is 3. The Kier molecular flexibility index (Phi) is 10.6. The van der Waals surface area contributed by atoms with Crippen molar-refractivity contribution in [1.29, 1.82) is 0 Å². The van der Waals surface area contributed by atoms with Gasteiger partial charge in [0.15, 0.2) is 23.2 Å². The molecule has 1 unspecified atom stereocenters. The number of fused-ring (bicyclic) bond motifs is 1. The first-order valence-electron chi connectivity index (χ1n) is 13.6. The van der Waals surface area contributed by atoms with Crippen LogP contribution in [-0.4, -0.2) is 57.3 Å². The van der Waals surface area contributed by atoms with Crippen LogP contribution in [0.4, 0.5) is 5.69 Å². The van der Waals surface area contributed by atoms with E-state index in [0.29, 0.717) is 28.8 Å². The second-order valence-electron chi connectivity index (χ2n) is 11.9. The van der Waals surface area contributed by atoms with Crippen LogP contribution in [0.2, 0.25) is 5.02 Å². The van der Waals surface area contributed by atoms with Gasteiger partial charge in [-0.05, 0) is 31.0 Å². The zero-order chi connectivity index (χ0) is 30.7. The van der Waals surface area contributed by atoms with Gasteiger partial charge in [-0.25, -0.2) is 4.79 Å². The molecular formula is C31H42ClN2O6S+. The van der Waals surface area contributed by atoms with Crippen molar-refractivity contribution in [3.63, 3.8) is 0 Å². The monoisotopic (exact) mass is 605 g/mol. The third-order valence-electron chi connectivity index (χ3n) is 7.27. The smallest absolute Gasteiger partial charge is 0.347 e. The van der Waals surface area contributed by atoms with Crippen LogP contribution in [0.25, 0.3) is 0 Å². The fourth-order valence-corrected chi connectivity index (χ4v) is 7.20. The van der Waals surface area contributed by atoms with E-state index in [1.54, 1.807) is 20.3 Å². The molecule has 1 N–H and O–H groups in total. The van der Waals surface area contributed by atoms with Crippen LogP contribution >= 0.6 is 23.4 Å². The van der Waals surface area contributed by atoms with Crippen molar-refractivity contribution in [2.45, 2.75) is 52.8 Å². The predicted molar refractivity (Wildman–Crippen MR) is 164 cm³/mol. The molecule has 0 aromatic heterocycles. The van der Waals surface area contributed by atoms with Crippen LogP contribution < -0.4 is 19.5 Å². The van der Waals surface area contributed by atoms with Crippen LogP contribution in [0.15, 0.2) is 36.4 Å². The fraction of sp³-hybridized carbons (Fsp3) is 0.516. The summed E-state index contributed by atoms with van der Waals surface area (Å²) in [6.07, 6.45) is 0. The summed E-state index contributed by atoms with van der Waals surface area (Å²) in [7, 11) is 4.46. The highest BCUT2D eigenvalue weighted by molar-refractivity contribution is 8.00. The zero-order valence-electron chi connectivity index (χ0n) is 25.4. The quantitative estimate of drug-likeness (QED) is 0.261. The van der Waals surface area contributed by atoms with E-state index in [4.69, 9.17) is 25.8 Å². The van der Waals surface area contributed by atoms with E-state index in [-0.39, 0.29) is 38.6 Å². The fourth-order valence-electron chi connectivity index (χ4n) is 5.75. The van der Waals surface area contributed by atoms with Gasteiger partial charge in [0.25, 0.3) is 0 Å². The van der Waals surface area contributed by atoms with Crippen molar-refractivity contribution in [3.8, 4) is 11.5 Å². The predicted octanol–water partition coefficient (Wildman–Crippen LogP) is 5.98. The number of nitrogens with one attached hydrogen (secondary N) is 1. The number of amides is 1. The average molecular weight is 606 g/mol. The van der Waals surface area contributed by atoms with Crippen LogP contribution in [0.1, 0.15) is 57.9 Å². The number of thioether (sulfide) groups is 1. The number of benzene rings is 2. The van der Waals surface area contributed by atoms with Gasteiger partial charge in [-0.2, -0.15) is 0 Å². The molecular weight excluding hydrogens is 564 g/mol. The molecule has 10 heteroatoms. The number of Topliss-reactive ketones (excluding diaryl/α,β-unsaturated/α-hetero) is 1. The molecule has 2 aromatic carbocycles. The number of ketones is 1. The number of quaternary nitrogens is 1. The maximum absolute atomic E-state index is 14.5. The van der Waals surface area contributed by atoms with Crippen LogP contribution in [-0.2, 0) is 19.1 Å². The number of hydrogen-bond acceptors (Lipinski definition) is 8. The minimum atomic E-state index is -1.07. The summed E-state index contributed by atoms with van der Waals surface area (Å²) in [4.78, 5) is 40.7. The van der Waals surface area contributed by atoms with E-state index < -0.39 is 17.9 Å². The first-order chi connectivity index (χ1) is 19.2. The number of nitrogens with zero attached hydrogens (tertiary/aromatic N) is 1. The summed E-state index contributed by atoms with van der Waals surface area (Å²) in [5.41, 5.74) is 5.31.